The lowest BCUT2D eigenvalue weighted by atomic mass is 9.96. The number of nitrogens with zero attached hydrogens (tertiary/aromatic N) is 5. The summed E-state index contributed by atoms with van der Waals surface area (Å²) in [7, 11) is 0. The molecule has 184 valence electrons. The zero-order chi connectivity index (χ0) is 25.0. The highest BCUT2D eigenvalue weighted by Crippen LogP contribution is 2.36. The summed E-state index contributed by atoms with van der Waals surface area (Å²) < 4.78 is 39.0. The van der Waals surface area contributed by atoms with Crippen LogP contribution >= 0.6 is 11.6 Å². The molecule has 12 heteroatoms. The van der Waals surface area contributed by atoms with Gasteiger partial charge >= 0.3 is 6.18 Å². The topological polar surface area (TPSA) is 104 Å². The zero-order valence-corrected chi connectivity index (χ0v) is 19.2. The summed E-state index contributed by atoms with van der Waals surface area (Å²) in [5, 5.41) is 20.4. The lowest BCUT2D eigenvalue weighted by molar-refractivity contribution is -0.137. The largest absolute Gasteiger partial charge is 0.416 e. The number of aliphatic hydroxyl groups excluding tert-OH is 1. The summed E-state index contributed by atoms with van der Waals surface area (Å²) in [5.41, 5.74) is 0.810. The highest BCUT2D eigenvalue weighted by molar-refractivity contribution is 6.33. The second-order valence-corrected chi connectivity index (χ2v) is 8.42. The normalized spacial score (nSPS) is 14.7. The van der Waals surface area contributed by atoms with Gasteiger partial charge in [-0.05, 0) is 31.0 Å². The number of hydrogen-bond acceptors (Lipinski definition) is 7. The van der Waals surface area contributed by atoms with Gasteiger partial charge in [0.05, 0.1) is 17.2 Å². The van der Waals surface area contributed by atoms with Crippen LogP contribution in [0.4, 0.5) is 19.1 Å². The van der Waals surface area contributed by atoms with Gasteiger partial charge in [0.15, 0.2) is 0 Å². The first kappa shape index (κ1) is 24.8. The Morgan fingerprint density at radius 3 is 2.46 bits per heavy atom. The second kappa shape index (κ2) is 10.5. The number of halogens is 4. The van der Waals surface area contributed by atoms with E-state index in [4.69, 9.17) is 16.7 Å². The lowest BCUT2D eigenvalue weighted by Crippen LogP contribution is -2.41. The van der Waals surface area contributed by atoms with E-state index in [1.54, 1.807) is 6.07 Å². The summed E-state index contributed by atoms with van der Waals surface area (Å²) >= 11 is 6.36. The molecule has 1 aliphatic rings. The monoisotopic (exact) mass is 506 g/mol. The number of nitrogens with one attached hydrogen (secondary N) is 1. The predicted molar refractivity (Wildman–Crippen MR) is 124 cm³/mol. The van der Waals surface area contributed by atoms with Crippen molar-refractivity contribution in [1.29, 1.82) is 0 Å². The summed E-state index contributed by atoms with van der Waals surface area (Å²) in [5.74, 6) is 0.0590. The average Bonchev–Trinajstić information content (AvgIpc) is 2.87. The van der Waals surface area contributed by atoms with Gasteiger partial charge in [0, 0.05) is 49.1 Å². The first-order valence-corrected chi connectivity index (χ1v) is 11.3. The minimum Gasteiger partial charge on any atom is -0.395 e. The van der Waals surface area contributed by atoms with Gasteiger partial charge in [0.1, 0.15) is 11.4 Å². The van der Waals surface area contributed by atoms with E-state index >= 15 is 0 Å². The number of carbonyl (C=O) groups excluding carboxylic acids is 1. The number of anilines is 1. The van der Waals surface area contributed by atoms with Crippen molar-refractivity contribution in [3.63, 3.8) is 0 Å². The van der Waals surface area contributed by atoms with Crippen LogP contribution in [0.1, 0.15) is 18.4 Å². The molecule has 0 atom stereocenters. The zero-order valence-electron chi connectivity index (χ0n) is 18.5. The molecule has 0 aliphatic carbocycles. The van der Waals surface area contributed by atoms with Crippen LogP contribution in [-0.4, -0.2) is 57.4 Å². The highest BCUT2D eigenvalue weighted by Gasteiger charge is 2.31. The minimum absolute atomic E-state index is 0.0975. The van der Waals surface area contributed by atoms with Crippen LogP contribution in [0, 0.1) is 5.92 Å². The van der Waals surface area contributed by atoms with Crippen LogP contribution in [0.15, 0.2) is 42.7 Å². The van der Waals surface area contributed by atoms with Crippen LogP contribution in [0.5, 0.6) is 0 Å². The molecule has 0 radical (unpaired) electrons. The number of benzene rings is 1. The molecule has 1 saturated heterocycles. The van der Waals surface area contributed by atoms with Crippen molar-refractivity contribution in [1.82, 2.24) is 25.5 Å². The lowest BCUT2D eigenvalue weighted by Gasteiger charge is -2.31. The van der Waals surface area contributed by atoms with E-state index in [0.717, 1.165) is 12.1 Å². The standard InChI is InChI=1S/C23H22ClF3N6O2/c24-18-13-28-8-5-17(18)20-19(14-1-3-16(4-2-14)23(25,26)27)31-32-22(30-20)33-10-6-15(7-11-33)21(35)29-9-12-34/h1-5,8,13,15,34H,6-7,9-12H2,(H,29,35). The van der Waals surface area contributed by atoms with Crippen molar-refractivity contribution < 1.29 is 23.1 Å². The van der Waals surface area contributed by atoms with Gasteiger partial charge in [-0.2, -0.15) is 13.2 Å². The van der Waals surface area contributed by atoms with Crippen LogP contribution in [0.3, 0.4) is 0 Å². The van der Waals surface area contributed by atoms with Crippen LogP contribution in [0.25, 0.3) is 22.5 Å². The summed E-state index contributed by atoms with van der Waals surface area (Å²) in [4.78, 5) is 22.8. The molecular formula is C23H22ClF3N6O2. The molecule has 2 aromatic heterocycles. The molecule has 1 aromatic carbocycles. The van der Waals surface area contributed by atoms with Crippen LogP contribution in [0.2, 0.25) is 5.02 Å². The Morgan fingerprint density at radius 1 is 1.11 bits per heavy atom. The van der Waals surface area contributed by atoms with E-state index in [0.29, 0.717) is 53.7 Å². The SMILES string of the molecule is O=C(NCCO)C1CCN(c2nnc(-c3ccc(C(F)(F)F)cc3)c(-c3ccncc3Cl)n2)CC1. The van der Waals surface area contributed by atoms with E-state index in [2.05, 4.69) is 25.5 Å². The molecular weight excluding hydrogens is 485 g/mol. The van der Waals surface area contributed by atoms with E-state index in [9.17, 15) is 18.0 Å². The van der Waals surface area contributed by atoms with Gasteiger partial charge in [0.25, 0.3) is 0 Å². The number of piperidine rings is 1. The molecule has 4 rings (SSSR count). The van der Waals surface area contributed by atoms with Crippen molar-refractivity contribution in [2.24, 2.45) is 5.92 Å². The molecule has 0 unspecified atom stereocenters. The van der Waals surface area contributed by atoms with Gasteiger partial charge in [-0.25, -0.2) is 4.98 Å². The van der Waals surface area contributed by atoms with E-state index in [-0.39, 0.29) is 30.7 Å². The van der Waals surface area contributed by atoms with Crippen molar-refractivity contribution in [3.05, 3.63) is 53.3 Å². The van der Waals surface area contributed by atoms with Gasteiger partial charge in [-0.3, -0.25) is 9.78 Å². The smallest absolute Gasteiger partial charge is 0.395 e. The molecule has 1 fully saturated rings. The Balaban J connectivity index is 1.64. The first-order chi connectivity index (χ1) is 16.8. The fraction of sp³-hybridized carbons (Fsp3) is 0.348. The molecule has 1 amide bonds. The Bertz CT molecular complexity index is 1180. The molecule has 8 nitrogen and oxygen atoms in total. The van der Waals surface area contributed by atoms with Crippen molar-refractivity contribution in [2.45, 2.75) is 19.0 Å². The molecule has 0 spiro atoms. The maximum atomic E-state index is 13.0. The van der Waals surface area contributed by atoms with Gasteiger partial charge in [0.2, 0.25) is 11.9 Å². The number of pyridine rings is 1. The number of aliphatic hydroxyl groups is 1. The quantitative estimate of drug-likeness (QED) is 0.526. The predicted octanol–water partition coefficient (Wildman–Crippen LogP) is 3.60. The van der Waals surface area contributed by atoms with Crippen molar-refractivity contribution in [3.8, 4) is 22.5 Å². The Morgan fingerprint density at radius 2 is 1.83 bits per heavy atom. The Hall–Kier alpha value is -3.31. The molecule has 2 N–H and O–H groups in total. The first-order valence-electron chi connectivity index (χ1n) is 10.9. The van der Waals surface area contributed by atoms with E-state index in [1.807, 2.05) is 4.90 Å². The highest BCUT2D eigenvalue weighted by atomic mass is 35.5. The third-order valence-electron chi connectivity index (χ3n) is 5.75. The van der Waals surface area contributed by atoms with Crippen molar-refractivity contribution >= 4 is 23.5 Å². The van der Waals surface area contributed by atoms with Gasteiger partial charge in [-0.15, -0.1) is 10.2 Å². The third-order valence-corrected chi connectivity index (χ3v) is 6.05. The number of aromatic nitrogens is 4. The molecule has 3 heterocycles. The molecule has 0 saturated carbocycles. The average molecular weight is 507 g/mol. The van der Waals surface area contributed by atoms with E-state index in [1.165, 1.54) is 24.5 Å². The minimum atomic E-state index is -4.45. The summed E-state index contributed by atoms with van der Waals surface area (Å²) in [6, 6.07) is 6.26. The maximum absolute atomic E-state index is 13.0. The Kier molecular flexibility index (Phi) is 7.46. The number of hydrogen-bond donors (Lipinski definition) is 2. The molecule has 1 aliphatic heterocycles. The molecule has 3 aromatic rings. The third kappa shape index (κ3) is 5.68. The van der Waals surface area contributed by atoms with Crippen molar-refractivity contribution in [2.75, 3.05) is 31.1 Å². The number of rotatable bonds is 6. The molecule has 0 bridgehead atoms. The Labute approximate surface area is 204 Å². The fourth-order valence-electron chi connectivity index (χ4n) is 3.88. The number of amides is 1. The second-order valence-electron chi connectivity index (χ2n) is 8.02. The maximum Gasteiger partial charge on any atom is 0.416 e. The van der Waals surface area contributed by atoms with Crippen LogP contribution < -0.4 is 10.2 Å². The van der Waals surface area contributed by atoms with Gasteiger partial charge < -0.3 is 15.3 Å². The van der Waals surface area contributed by atoms with Crippen LogP contribution in [-0.2, 0) is 11.0 Å². The van der Waals surface area contributed by atoms with E-state index < -0.39 is 11.7 Å². The van der Waals surface area contributed by atoms with Gasteiger partial charge in [-0.1, -0.05) is 23.7 Å². The molecule has 35 heavy (non-hydrogen) atoms. The number of carbonyl (C=O) groups is 1. The summed E-state index contributed by atoms with van der Waals surface area (Å²) in [6.45, 7) is 1.13. The fourth-order valence-corrected chi connectivity index (χ4v) is 4.09. The summed E-state index contributed by atoms with van der Waals surface area (Å²) in [6.07, 6.45) is -0.314. The number of alkyl halides is 3.